The lowest BCUT2D eigenvalue weighted by Crippen LogP contribution is -2.57. The van der Waals surface area contributed by atoms with Gasteiger partial charge in [0.2, 0.25) is 20.7 Å². The van der Waals surface area contributed by atoms with E-state index >= 15 is 0 Å². The van der Waals surface area contributed by atoms with Gasteiger partial charge in [0.1, 0.15) is 34.5 Å². The Morgan fingerprint density at radius 2 is 1.12 bits per heavy atom. The molecule has 4 aliphatic rings. The van der Waals surface area contributed by atoms with Crippen LogP contribution in [0, 0.1) is 0 Å². The first-order valence-corrected chi connectivity index (χ1v) is 42.5. The van der Waals surface area contributed by atoms with Crippen LogP contribution in [-0.4, -0.2) is 136 Å². The van der Waals surface area contributed by atoms with E-state index in [-0.39, 0.29) is 64.9 Å². The summed E-state index contributed by atoms with van der Waals surface area (Å²) in [7, 11) is -3.34. The summed E-state index contributed by atoms with van der Waals surface area (Å²) < 4.78 is 51.1. The van der Waals surface area contributed by atoms with Crippen molar-refractivity contribution in [2.45, 2.75) is 225 Å². The van der Waals surface area contributed by atoms with Crippen LogP contribution in [0.25, 0.3) is 0 Å². The van der Waals surface area contributed by atoms with Crippen molar-refractivity contribution in [3.8, 4) is 23.0 Å². The highest BCUT2D eigenvalue weighted by Gasteiger charge is 2.59. The van der Waals surface area contributed by atoms with Crippen LogP contribution in [0.5, 0.6) is 23.0 Å². The van der Waals surface area contributed by atoms with Crippen LogP contribution >= 0.6 is 11.8 Å². The van der Waals surface area contributed by atoms with Gasteiger partial charge in [0.05, 0.1) is 47.5 Å². The van der Waals surface area contributed by atoms with Crippen LogP contribution in [0.15, 0.2) is 143 Å². The Balaban J connectivity index is 0.000000228. The minimum atomic E-state index is -3.34. The first-order valence-electron chi connectivity index (χ1n) is 39.8. The first-order chi connectivity index (χ1) is 54.4. The molecule has 6 atom stereocenters. The maximum atomic E-state index is 14.4. The van der Waals surface area contributed by atoms with E-state index in [9.17, 15) is 27.6 Å². The molecule has 2 spiro atoms. The Morgan fingerprint density at radius 1 is 0.617 bits per heavy atom. The van der Waals surface area contributed by atoms with E-state index in [2.05, 4.69) is 133 Å². The highest BCUT2D eigenvalue weighted by Crippen LogP contribution is 2.53. The highest BCUT2D eigenvalue weighted by atomic mass is 32.2. The molecule has 5 aromatic carbocycles. The van der Waals surface area contributed by atoms with Gasteiger partial charge in [0.25, 0.3) is 17.5 Å². The topological polar surface area (TPSA) is 308 Å². The number of pyridine rings is 1. The number of hydrogen-bond donors (Lipinski definition) is 5. The summed E-state index contributed by atoms with van der Waals surface area (Å²) in [4.78, 5) is 77.8. The number of carbonyl (C=O) groups is 4. The minimum Gasteiger partial charge on any atom is -0.494 e. The second kappa shape index (κ2) is 34.2. The van der Waals surface area contributed by atoms with Crippen LogP contribution < -0.4 is 59.6 Å². The van der Waals surface area contributed by atoms with Crippen LogP contribution in [0.4, 0.5) is 38.2 Å². The van der Waals surface area contributed by atoms with Crippen molar-refractivity contribution in [1.29, 1.82) is 0 Å². The molecule has 8 aromatic rings. The molecule has 0 saturated carbocycles. The summed E-state index contributed by atoms with van der Waals surface area (Å²) in [6, 6.07) is 37.5. The lowest BCUT2D eigenvalue weighted by Gasteiger charge is -2.37. The van der Waals surface area contributed by atoms with Crippen LogP contribution in [0.3, 0.4) is 0 Å². The number of hydrogen-bond acceptors (Lipinski definition) is 19. The molecule has 0 radical (unpaired) electrons. The number of benzene rings is 5. The number of aromatic nitrogens is 7. The summed E-state index contributed by atoms with van der Waals surface area (Å²) in [6.45, 7) is 43.7. The van der Waals surface area contributed by atoms with Crippen molar-refractivity contribution in [1.82, 2.24) is 50.1 Å². The maximum absolute atomic E-state index is 14.4. The molecule has 12 rings (SSSR count). The third kappa shape index (κ3) is 17.7. The molecule has 0 fully saturated rings. The SMILES string of the molecule is CCN(CCNS(C)(=O)=O)c1ccc(N2C(=O)Nc3ccccc3SC23C(C)=Nn2nc(C(C)CNC(=O)C(C)Oc4ccc(C(C)(C)CC)cc4C(C)(C)CC)nc23)nc1.CCOc1ccc(N2C(=O)Nc3ccccc3OC23C(C)=Nn2nc(C(C)CNC(=O)C(C)Oc4ccc(C(C)(C)CC)cc4C(C)(C)CC)nc23)cc1. The van der Waals surface area contributed by atoms with Crippen molar-refractivity contribution in [2.75, 3.05) is 70.9 Å². The molecule has 614 valence electrons. The van der Waals surface area contributed by atoms with E-state index in [4.69, 9.17) is 54.3 Å². The molecule has 6 unspecified atom stereocenters. The number of anilines is 5. The molecule has 6 amide bonds. The molecule has 3 aromatic heterocycles. The Bertz CT molecular complexity index is 5080. The Kier molecular flexibility index (Phi) is 25.4. The van der Waals surface area contributed by atoms with E-state index in [0.29, 0.717) is 100 Å². The number of ether oxygens (including phenoxy) is 4. The summed E-state index contributed by atoms with van der Waals surface area (Å²) >= 11 is 1.42. The van der Waals surface area contributed by atoms with Gasteiger partial charge in [-0.15, -0.1) is 19.8 Å². The van der Waals surface area contributed by atoms with Crippen molar-refractivity contribution < 1.29 is 46.5 Å². The lowest BCUT2D eigenvalue weighted by atomic mass is 9.76. The standard InChI is InChI=1S/C44H60N10O5S2.C42H53N7O5/c1-12-42(7,8)31-19-21-35(33(25-31)43(9,10)13-2)59-29(5)39(55)46-26-28(4)38-49-40-44(30(6)50-54(40)51-38)53(41(56)48-34-17-15-16-18-36(34)60-44)37-22-20-32(27-45-37)52(14-3)24-23-47-61(11,57)58;1-11-40(7,8)29-18-23-34(32(24-29)41(9,10)12-2)53-27(5)37(50)43-25-26(4)36-45-38-42(28(6)46-49(38)47-36)48(30-19-21-31(22-20-30)52-13-3)39(51)44-33-16-14-15-17-35(33)54-42/h15-22,25,27-29,47H,12-14,23-24,26H2,1-11H3,(H,46,55)(H,48,56);14-24,26-27H,11-13,25H2,1-10H3,(H,43,50)(H,44,51). The number of nitrogens with one attached hydrogen (secondary N) is 5. The van der Waals surface area contributed by atoms with Crippen molar-refractivity contribution in [3.63, 3.8) is 0 Å². The lowest BCUT2D eigenvalue weighted by molar-refractivity contribution is -0.128. The molecule has 115 heavy (non-hydrogen) atoms. The number of thioether (sulfide) groups is 1. The molecule has 5 N–H and O–H groups in total. The molecule has 7 heterocycles. The second-order valence-electron chi connectivity index (χ2n) is 32.5. The zero-order chi connectivity index (χ0) is 83.5. The van der Waals surface area contributed by atoms with Crippen LogP contribution in [0.2, 0.25) is 0 Å². The second-order valence-corrected chi connectivity index (χ2v) is 35.6. The number of urea groups is 2. The normalized spacial score (nSPS) is 17.6. The van der Waals surface area contributed by atoms with Gasteiger partial charge in [-0.25, -0.2) is 47.5 Å². The quantitative estimate of drug-likeness (QED) is 0.0279. The molecular formula is C86H113N17O10S2. The summed E-state index contributed by atoms with van der Waals surface area (Å²) in [5.41, 5.74) is 6.33. The van der Waals surface area contributed by atoms with Crippen molar-refractivity contribution in [3.05, 3.63) is 173 Å². The number of sulfonamides is 1. The minimum absolute atomic E-state index is 0.00797. The summed E-state index contributed by atoms with van der Waals surface area (Å²) in [5.74, 6) is 3.35. The predicted octanol–water partition coefficient (Wildman–Crippen LogP) is 15.6. The first kappa shape index (κ1) is 85.5. The number of carbonyl (C=O) groups excluding carboxylic acids is 4. The molecule has 29 heteroatoms. The van der Waals surface area contributed by atoms with Gasteiger partial charge in [0, 0.05) is 60.6 Å². The van der Waals surface area contributed by atoms with Crippen molar-refractivity contribution >= 4 is 85.7 Å². The van der Waals surface area contributed by atoms with Crippen molar-refractivity contribution in [2.24, 2.45) is 10.2 Å². The average molecular weight is 1610 g/mol. The fraction of sp³-hybridized carbons (Fsp3) is 0.477. The van der Waals surface area contributed by atoms with Gasteiger partial charge in [-0.1, -0.05) is 157 Å². The summed E-state index contributed by atoms with van der Waals surface area (Å²) in [5, 5.41) is 31.2. The molecule has 0 bridgehead atoms. The van der Waals surface area contributed by atoms with Gasteiger partial charge >= 0.3 is 12.1 Å². The molecule has 27 nitrogen and oxygen atoms in total. The Hall–Kier alpha value is -10.4. The molecule has 4 aliphatic heterocycles. The third-order valence-corrected chi connectivity index (χ3v) is 25.1. The number of rotatable bonds is 30. The number of para-hydroxylation sites is 3. The Morgan fingerprint density at radius 3 is 1.64 bits per heavy atom. The predicted molar refractivity (Wildman–Crippen MR) is 455 cm³/mol. The van der Waals surface area contributed by atoms with E-state index in [0.717, 1.165) is 53.6 Å². The van der Waals surface area contributed by atoms with Gasteiger partial charge < -0.3 is 45.1 Å². The number of fused-ring (bicyclic) bond motifs is 6. The number of amides is 6. The van der Waals surface area contributed by atoms with Crippen LogP contribution in [0.1, 0.15) is 222 Å². The van der Waals surface area contributed by atoms with Gasteiger partial charge in [-0.3, -0.25) is 9.59 Å². The van der Waals surface area contributed by atoms with E-state index < -0.39 is 44.9 Å². The third-order valence-electron chi connectivity index (χ3n) is 22.9. The highest BCUT2D eigenvalue weighted by molar-refractivity contribution is 8.01. The van der Waals surface area contributed by atoms with Gasteiger partial charge in [-0.05, 0) is 173 Å². The largest absolute Gasteiger partial charge is 0.494 e. The molecule has 0 aliphatic carbocycles. The monoisotopic (exact) mass is 1610 g/mol. The van der Waals surface area contributed by atoms with Crippen LogP contribution in [-0.2, 0) is 51.9 Å². The fourth-order valence-electron chi connectivity index (χ4n) is 13.9. The Labute approximate surface area is 681 Å². The average Bonchev–Trinajstić information content (AvgIpc) is 1.56. The number of nitrogens with zero attached hydrogens (tertiary/aromatic N) is 12. The van der Waals surface area contributed by atoms with E-state index in [1.165, 1.54) is 37.4 Å². The maximum Gasteiger partial charge on any atom is 0.330 e. The molecule has 0 saturated heterocycles. The zero-order valence-corrected chi connectivity index (χ0v) is 71.9. The van der Waals surface area contributed by atoms with Gasteiger partial charge in [0.15, 0.2) is 29.7 Å². The van der Waals surface area contributed by atoms with E-state index in [1.807, 2.05) is 94.1 Å². The van der Waals surface area contributed by atoms with Gasteiger partial charge in [-0.2, -0.15) is 10.2 Å². The number of likely N-dealkylation sites (N-methyl/N-ethyl adjacent to an activating group) is 1. The molecular weight excluding hydrogens is 1500 g/mol. The van der Waals surface area contributed by atoms with E-state index in [1.54, 1.807) is 74.3 Å². The smallest absolute Gasteiger partial charge is 0.330 e. The zero-order valence-electron chi connectivity index (χ0n) is 70.3. The summed E-state index contributed by atoms with van der Waals surface area (Å²) in [6.07, 6.45) is 5.13. The fourth-order valence-corrected chi connectivity index (χ4v) is 15.7.